The van der Waals surface area contributed by atoms with Crippen LogP contribution < -0.4 is 20.7 Å². The maximum Gasteiger partial charge on any atom is 0.221 e. The number of hydrogen-bond acceptors (Lipinski definition) is 3. The fourth-order valence-corrected chi connectivity index (χ4v) is 3.32. The van der Waals surface area contributed by atoms with Crippen LogP contribution in [-0.4, -0.2) is 38.1 Å². The average molecular weight is 395 g/mol. The highest BCUT2D eigenvalue weighted by atomic mass is 16.5. The minimum Gasteiger partial charge on any atom is -0.493 e. The average Bonchev–Trinajstić information content (AvgIpc) is 3.17. The molecular weight excluding hydrogens is 364 g/mol. The minimum absolute atomic E-state index is 0.0584. The van der Waals surface area contributed by atoms with E-state index >= 15 is 0 Å². The van der Waals surface area contributed by atoms with Crippen molar-refractivity contribution in [3.8, 4) is 5.75 Å². The summed E-state index contributed by atoms with van der Waals surface area (Å²) in [5.74, 6) is 1.81. The van der Waals surface area contributed by atoms with Crippen LogP contribution in [0.2, 0.25) is 0 Å². The van der Waals surface area contributed by atoms with Crippen molar-refractivity contribution in [3.05, 3.63) is 59.2 Å². The number of carbonyl (C=O) groups is 1. The Bertz CT molecular complexity index is 846. The minimum atomic E-state index is -0.0584. The van der Waals surface area contributed by atoms with Crippen LogP contribution in [0.5, 0.6) is 5.75 Å². The Hall–Kier alpha value is -3.02. The first-order valence-corrected chi connectivity index (χ1v) is 10.3. The summed E-state index contributed by atoms with van der Waals surface area (Å²) in [7, 11) is 0. The van der Waals surface area contributed by atoms with Crippen molar-refractivity contribution in [1.29, 1.82) is 0 Å². The Morgan fingerprint density at radius 3 is 2.62 bits per heavy atom. The van der Waals surface area contributed by atoms with Gasteiger partial charge in [-0.25, -0.2) is 0 Å². The van der Waals surface area contributed by atoms with Crippen LogP contribution in [0, 0.1) is 0 Å². The summed E-state index contributed by atoms with van der Waals surface area (Å²) >= 11 is 0. The molecule has 2 aromatic rings. The van der Waals surface area contributed by atoms with Gasteiger partial charge in [-0.1, -0.05) is 24.3 Å². The molecule has 0 unspecified atom stereocenters. The number of fused-ring (bicyclic) bond motifs is 1. The second kappa shape index (κ2) is 10.5. The maximum atomic E-state index is 11.1. The molecule has 0 aliphatic carbocycles. The molecule has 0 bridgehead atoms. The van der Waals surface area contributed by atoms with Crippen LogP contribution in [0.1, 0.15) is 30.5 Å². The van der Waals surface area contributed by atoms with Crippen LogP contribution in [0.3, 0.4) is 0 Å². The smallest absolute Gasteiger partial charge is 0.221 e. The van der Waals surface area contributed by atoms with E-state index in [4.69, 9.17) is 4.74 Å². The molecule has 1 amide bonds. The molecule has 6 nitrogen and oxygen atoms in total. The topological polar surface area (TPSA) is 74.8 Å². The Balaban J connectivity index is 1.46. The van der Waals surface area contributed by atoms with Crippen molar-refractivity contribution in [2.24, 2.45) is 4.99 Å². The van der Waals surface area contributed by atoms with Gasteiger partial charge in [0.1, 0.15) is 5.75 Å². The molecule has 6 heteroatoms. The van der Waals surface area contributed by atoms with Crippen LogP contribution in [-0.2, 0) is 24.1 Å². The van der Waals surface area contributed by atoms with Gasteiger partial charge in [0.2, 0.25) is 5.91 Å². The van der Waals surface area contributed by atoms with E-state index in [1.54, 1.807) is 0 Å². The molecule has 29 heavy (non-hydrogen) atoms. The van der Waals surface area contributed by atoms with E-state index < -0.39 is 0 Å². The standard InChI is InChI=1S/C23H30N4O2/c1-3-24-23(25-13-10-18-4-7-21(8-5-18)27-17(2)28)26-14-11-19-6-9-22-20(16-19)12-15-29-22/h4-9,16H,3,10-15H2,1-2H3,(H,27,28)(H2,24,25,26). The third-order valence-corrected chi connectivity index (χ3v) is 4.75. The van der Waals surface area contributed by atoms with Crippen molar-refractivity contribution in [2.45, 2.75) is 33.1 Å². The molecule has 0 radical (unpaired) electrons. The normalized spacial score (nSPS) is 12.8. The van der Waals surface area contributed by atoms with Gasteiger partial charge in [0.25, 0.3) is 0 Å². The maximum absolute atomic E-state index is 11.1. The van der Waals surface area contributed by atoms with E-state index in [-0.39, 0.29) is 5.91 Å². The van der Waals surface area contributed by atoms with E-state index in [1.165, 1.54) is 23.6 Å². The monoisotopic (exact) mass is 394 g/mol. The molecule has 1 heterocycles. The van der Waals surface area contributed by atoms with Gasteiger partial charge in [0.15, 0.2) is 5.96 Å². The summed E-state index contributed by atoms with van der Waals surface area (Å²) in [6.45, 7) is 6.73. The number of amides is 1. The second-order valence-electron chi connectivity index (χ2n) is 7.11. The van der Waals surface area contributed by atoms with Gasteiger partial charge in [-0.2, -0.15) is 0 Å². The Labute approximate surface area is 172 Å². The second-order valence-corrected chi connectivity index (χ2v) is 7.11. The van der Waals surface area contributed by atoms with Crippen molar-refractivity contribution in [2.75, 3.05) is 31.6 Å². The predicted molar refractivity (Wildman–Crippen MR) is 118 cm³/mol. The fraction of sp³-hybridized carbons (Fsp3) is 0.391. The van der Waals surface area contributed by atoms with Crippen molar-refractivity contribution in [3.63, 3.8) is 0 Å². The molecule has 0 atom stereocenters. The molecular formula is C23H30N4O2. The number of carbonyl (C=O) groups excluding carboxylic acids is 1. The third kappa shape index (κ3) is 6.52. The van der Waals surface area contributed by atoms with Crippen LogP contribution in [0.4, 0.5) is 5.69 Å². The van der Waals surface area contributed by atoms with Gasteiger partial charge in [-0.15, -0.1) is 0 Å². The molecule has 3 rings (SSSR count). The number of ether oxygens (including phenoxy) is 1. The third-order valence-electron chi connectivity index (χ3n) is 4.75. The highest BCUT2D eigenvalue weighted by Gasteiger charge is 2.11. The van der Waals surface area contributed by atoms with Crippen molar-refractivity contribution in [1.82, 2.24) is 10.6 Å². The van der Waals surface area contributed by atoms with E-state index in [0.29, 0.717) is 6.54 Å². The molecule has 0 aromatic heterocycles. The Kier molecular flexibility index (Phi) is 7.50. The molecule has 154 valence electrons. The SMILES string of the molecule is CCNC(=NCCc1ccc(NC(C)=O)cc1)NCCc1ccc2c(c1)CCO2. The zero-order valence-corrected chi connectivity index (χ0v) is 17.3. The number of benzene rings is 2. The molecule has 0 spiro atoms. The highest BCUT2D eigenvalue weighted by Crippen LogP contribution is 2.25. The Morgan fingerprint density at radius 2 is 1.86 bits per heavy atom. The summed E-state index contributed by atoms with van der Waals surface area (Å²) in [4.78, 5) is 15.8. The number of nitrogens with zero attached hydrogens (tertiary/aromatic N) is 1. The molecule has 0 fully saturated rings. The van der Waals surface area contributed by atoms with E-state index in [1.807, 2.05) is 24.3 Å². The van der Waals surface area contributed by atoms with Crippen LogP contribution >= 0.6 is 0 Å². The van der Waals surface area contributed by atoms with Crippen molar-refractivity contribution >= 4 is 17.6 Å². The number of nitrogens with one attached hydrogen (secondary N) is 3. The molecule has 3 N–H and O–H groups in total. The fourth-order valence-electron chi connectivity index (χ4n) is 3.32. The van der Waals surface area contributed by atoms with Gasteiger partial charge >= 0.3 is 0 Å². The number of hydrogen-bond donors (Lipinski definition) is 3. The number of anilines is 1. The van der Waals surface area contributed by atoms with Crippen LogP contribution in [0.25, 0.3) is 0 Å². The lowest BCUT2D eigenvalue weighted by Crippen LogP contribution is -2.38. The van der Waals surface area contributed by atoms with E-state index in [2.05, 4.69) is 46.1 Å². The summed E-state index contributed by atoms with van der Waals surface area (Å²) in [6.07, 6.45) is 2.80. The van der Waals surface area contributed by atoms with E-state index in [0.717, 1.165) is 56.4 Å². The molecule has 0 saturated carbocycles. The van der Waals surface area contributed by atoms with Gasteiger partial charge in [-0.05, 0) is 54.7 Å². The van der Waals surface area contributed by atoms with Crippen LogP contribution in [0.15, 0.2) is 47.5 Å². The zero-order valence-electron chi connectivity index (χ0n) is 17.3. The first-order chi connectivity index (χ1) is 14.1. The largest absolute Gasteiger partial charge is 0.493 e. The zero-order chi connectivity index (χ0) is 20.5. The summed E-state index contributed by atoms with van der Waals surface area (Å²) in [5.41, 5.74) is 4.64. The number of guanidine groups is 1. The number of aliphatic imine (C=N–C) groups is 1. The first kappa shape index (κ1) is 20.7. The van der Waals surface area contributed by atoms with Crippen molar-refractivity contribution < 1.29 is 9.53 Å². The van der Waals surface area contributed by atoms with Gasteiger partial charge in [0.05, 0.1) is 6.61 Å². The predicted octanol–water partition coefficient (Wildman–Crippen LogP) is 2.92. The van der Waals surface area contributed by atoms with Gasteiger partial charge < -0.3 is 20.7 Å². The molecule has 1 aliphatic rings. The van der Waals surface area contributed by atoms with E-state index in [9.17, 15) is 4.79 Å². The lowest BCUT2D eigenvalue weighted by Gasteiger charge is -2.12. The Morgan fingerprint density at radius 1 is 1.07 bits per heavy atom. The quantitative estimate of drug-likeness (QED) is 0.475. The molecule has 0 saturated heterocycles. The number of rotatable bonds is 8. The van der Waals surface area contributed by atoms with Gasteiger partial charge in [-0.3, -0.25) is 9.79 Å². The lowest BCUT2D eigenvalue weighted by atomic mass is 10.1. The first-order valence-electron chi connectivity index (χ1n) is 10.3. The molecule has 2 aromatic carbocycles. The summed E-state index contributed by atoms with van der Waals surface area (Å²) in [6, 6.07) is 14.4. The van der Waals surface area contributed by atoms with Gasteiger partial charge in [0, 0.05) is 38.7 Å². The summed E-state index contributed by atoms with van der Waals surface area (Å²) in [5, 5.41) is 9.49. The summed E-state index contributed by atoms with van der Waals surface area (Å²) < 4.78 is 5.57. The lowest BCUT2D eigenvalue weighted by molar-refractivity contribution is -0.114. The molecule has 1 aliphatic heterocycles. The highest BCUT2D eigenvalue weighted by molar-refractivity contribution is 5.88.